The highest BCUT2D eigenvalue weighted by Gasteiger charge is 2.14. The molecule has 0 aliphatic carbocycles. The van der Waals surface area contributed by atoms with Gasteiger partial charge in [-0.3, -0.25) is 11.3 Å². The lowest BCUT2D eigenvalue weighted by atomic mass is 9.98. The van der Waals surface area contributed by atoms with Crippen molar-refractivity contribution in [2.75, 3.05) is 7.11 Å². The molecule has 1 atom stereocenters. The molecule has 0 amide bonds. The average molecular weight is 301 g/mol. The molecule has 0 aliphatic rings. The van der Waals surface area contributed by atoms with Crippen LogP contribution in [0.4, 0.5) is 0 Å². The van der Waals surface area contributed by atoms with Crippen LogP contribution in [0.25, 0.3) is 0 Å². The Bertz CT molecular complexity index is 355. The molecule has 1 aromatic rings. The Balaban J connectivity index is 2.86. The Labute approximate surface area is 112 Å². The van der Waals surface area contributed by atoms with E-state index < -0.39 is 0 Å². The SMILES string of the molecule is COc1ccc(Br)c(C(CCC(C)C)NN)c1. The summed E-state index contributed by atoms with van der Waals surface area (Å²) in [5.74, 6) is 7.17. The normalized spacial score (nSPS) is 12.8. The van der Waals surface area contributed by atoms with Gasteiger partial charge in [0.25, 0.3) is 0 Å². The second-order valence-electron chi connectivity index (χ2n) is 4.58. The highest BCUT2D eigenvalue weighted by Crippen LogP contribution is 2.30. The zero-order valence-electron chi connectivity index (χ0n) is 10.7. The number of rotatable bonds is 6. The van der Waals surface area contributed by atoms with Crippen LogP contribution in [-0.4, -0.2) is 7.11 Å². The minimum atomic E-state index is 0.155. The minimum absolute atomic E-state index is 0.155. The van der Waals surface area contributed by atoms with E-state index in [1.807, 2.05) is 18.2 Å². The van der Waals surface area contributed by atoms with Crippen molar-refractivity contribution in [1.29, 1.82) is 0 Å². The van der Waals surface area contributed by atoms with Crippen molar-refractivity contribution in [3.8, 4) is 5.75 Å². The fourth-order valence-corrected chi connectivity index (χ4v) is 2.27. The molecular formula is C13H21BrN2O. The van der Waals surface area contributed by atoms with Crippen LogP contribution in [0.5, 0.6) is 5.75 Å². The molecule has 0 aromatic heterocycles. The van der Waals surface area contributed by atoms with Gasteiger partial charge in [-0.25, -0.2) is 0 Å². The number of halogens is 1. The first-order chi connectivity index (χ1) is 8.08. The number of nitrogens with two attached hydrogens (primary N) is 1. The molecule has 4 heteroatoms. The van der Waals surface area contributed by atoms with Gasteiger partial charge in [0.15, 0.2) is 0 Å². The molecule has 0 aliphatic heterocycles. The molecule has 3 nitrogen and oxygen atoms in total. The number of benzene rings is 1. The van der Waals surface area contributed by atoms with Gasteiger partial charge in [-0.1, -0.05) is 29.8 Å². The summed E-state index contributed by atoms with van der Waals surface area (Å²) < 4.78 is 6.30. The fraction of sp³-hybridized carbons (Fsp3) is 0.538. The van der Waals surface area contributed by atoms with E-state index in [-0.39, 0.29) is 6.04 Å². The molecule has 3 N–H and O–H groups in total. The first-order valence-corrected chi connectivity index (χ1v) is 6.67. The van der Waals surface area contributed by atoms with Crippen LogP contribution in [0, 0.1) is 5.92 Å². The molecule has 17 heavy (non-hydrogen) atoms. The zero-order valence-corrected chi connectivity index (χ0v) is 12.3. The van der Waals surface area contributed by atoms with E-state index in [0.717, 1.165) is 28.6 Å². The van der Waals surface area contributed by atoms with E-state index in [4.69, 9.17) is 10.6 Å². The summed E-state index contributed by atoms with van der Waals surface area (Å²) >= 11 is 3.56. The topological polar surface area (TPSA) is 47.3 Å². The summed E-state index contributed by atoms with van der Waals surface area (Å²) in [5, 5.41) is 0. The number of ether oxygens (including phenoxy) is 1. The monoisotopic (exact) mass is 300 g/mol. The van der Waals surface area contributed by atoms with Gasteiger partial charge in [-0.05, 0) is 42.5 Å². The number of hydrogen-bond acceptors (Lipinski definition) is 3. The third kappa shape index (κ3) is 4.30. The summed E-state index contributed by atoms with van der Waals surface area (Å²) in [4.78, 5) is 0. The van der Waals surface area contributed by atoms with Crippen molar-refractivity contribution in [1.82, 2.24) is 5.43 Å². The standard InChI is InChI=1S/C13H21BrN2O/c1-9(2)4-7-13(16-15)11-8-10(17-3)5-6-12(11)14/h5-6,8-9,13,16H,4,7,15H2,1-3H3. The maximum Gasteiger partial charge on any atom is 0.119 e. The van der Waals surface area contributed by atoms with Gasteiger partial charge >= 0.3 is 0 Å². The van der Waals surface area contributed by atoms with Crippen LogP contribution < -0.4 is 16.0 Å². The van der Waals surface area contributed by atoms with Gasteiger partial charge in [0.1, 0.15) is 5.75 Å². The van der Waals surface area contributed by atoms with Gasteiger partial charge in [0, 0.05) is 10.5 Å². The van der Waals surface area contributed by atoms with Crippen LogP contribution in [0.2, 0.25) is 0 Å². The number of nitrogens with one attached hydrogen (secondary N) is 1. The maximum atomic E-state index is 5.64. The average Bonchev–Trinajstić information content (AvgIpc) is 2.31. The van der Waals surface area contributed by atoms with Gasteiger partial charge in [0.2, 0.25) is 0 Å². The molecular weight excluding hydrogens is 280 g/mol. The summed E-state index contributed by atoms with van der Waals surface area (Å²) in [6.45, 7) is 4.43. The van der Waals surface area contributed by atoms with Gasteiger partial charge in [0.05, 0.1) is 7.11 Å². The van der Waals surface area contributed by atoms with Crippen molar-refractivity contribution < 1.29 is 4.74 Å². The predicted octanol–water partition coefficient (Wildman–Crippen LogP) is 3.40. The summed E-state index contributed by atoms with van der Waals surface area (Å²) in [6.07, 6.45) is 2.15. The Morgan fingerprint density at radius 2 is 2.06 bits per heavy atom. The fourth-order valence-electron chi connectivity index (χ4n) is 1.74. The predicted molar refractivity (Wildman–Crippen MR) is 74.8 cm³/mol. The van der Waals surface area contributed by atoms with Crippen molar-refractivity contribution in [3.63, 3.8) is 0 Å². The zero-order chi connectivity index (χ0) is 12.8. The lowest BCUT2D eigenvalue weighted by molar-refractivity contribution is 0.410. The molecule has 0 bridgehead atoms. The van der Waals surface area contributed by atoms with E-state index in [1.165, 1.54) is 0 Å². The van der Waals surface area contributed by atoms with Crippen LogP contribution >= 0.6 is 15.9 Å². The molecule has 1 aromatic carbocycles. The smallest absolute Gasteiger partial charge is 0.119 e. The van der Waals surface area contributed by atoms with Crippen molar-refractivity contribution in [2.45, 2.75) is 32.7 Å². The van der Waals surface area contributed by atoms with E-state index in [2.05, 4.69) is 35.2 Å². The number of hydrogen-bond donors (Lipinski definition) is 2. The molecule has 1 rings (SSSR count). The van der Waals surface area contributed by atoms with Crippen molar-refractivity contribution in [2.24, 2.45) is 11.8 Å². The van der Waals surface area contributed by atoms with Gasteiger partial charge < -0.3 is 4.74 Å². The van der Waals surface area contributed by atoms with Crippen LogP contribution in [0.1, 0.15) is 38.3 Å². The van der Waals surface area contributed by atoms with Gasteiger partial charge in [-0.15, -0.1) is 0 Å². The molecule has 96 valence electrons. The van der Waals surface area contributed by atoms with E-state index in [9.17, 15) is 0 Å². The number of methoxy groups -OCH3 is 1. The second-order valence-corrected chi connectivity index (χ2v) is 5.43. The quantitative estimate of drug-likeness (QED) is 0.625. The summed E-state index contributed by atoms with van der Waals surface area (Å²) in [7, 11) is 1.67. The highest BCUT2D eigenvalue weighted by molar-refractivity contribution is 9.10. The lowest BCUT2D eigenvalue weighted by Gasteiger charge is -2.19. The largest absolute Gasteiger partial charge is 0.497 e. The van der Waals surface area contributed by atoms with Crippen molar-refractivity contribution in [3.05, 3.63) is 28.2 Å². The summed E-state index contributed by atoms with van der Waals surface area (Å²) in [6, 6.07) is 6.11. The molecule has 0 radical (unpaired) electrons. The Kier molecular flexibility index (Phi) is 5.95. The van der Waals surface area contributed by atoms with E-state index in [1.54, 1.807) is 7.11 Å². The molecule has 0 saturated heterocycles. The van der Waals surface area contributed by atoms with E-state index in [0.29, 0.717) is 5.92 Å². The Hall–Kier alpha value is -0.580. The van der Waals surface area contributed by atoms with E-state index >= 15 is 0 Å². The van der Waals surface area contributed by atoms with Crippen LogP contribution in [-0.2, 0) is 0 Å². The second kappa shape index (κ2) is 6.99. The molecule has 0 spiro atoms. The maximum absolute atomic E-state index is 5.64. The van der Waals surface area contributed by atoms with Gasteiger partial charge in [-0.2, -0.15) is 0 Å². The first-order valence-electron chi connectivity index (χ1n) is 5.88. The molecule has 0 saturated carbocycles. The third-order valence-corrected chi connectivity index (χ3v) is 3.53. The van der Waals surface area contributed by atoms with Crippen molar-refractivity contribution >= 4 is 15.9 Å². The number of hydrazine groups is 1. The third-order valence-electron chi connectivity index (χ3n) is 2.81. The first kappa shape index (κ1) is 14.5. The highest BCUT2D eigenvalue weighted by atomic mass is 79.9. The van der Waals surface area contributed by atoms with Crippen LogP contribution in [0.3, 0.4) is 0 Å². The Morgan fingerprint density at radius 1 is 1.35 bits per heavy atom. The molecule has 1 unspecified atom stereocenters. The molecule has 0 fully saturated rings. The summed E-state index contributed by atoms with van der Waals surface area (Å²) in [5.41, 5.74) is 4.03. The minimum Gasteiger partial charge on any atom is -0.497 e. The van der Waals surface area contributed by atoms with Crippen LogP contribution in [0.15, 0.2) is 22.7 Å². The Morgan fingerprint density at radius 3 is 2.59 bits per heavy atom. The molecule has 0 heterocycles. The lowest BCUT2D eigenvalue weighted by Crippen LogP contribution is -2.28.